The summed E-state index contributed by atoms with van der Waals surface area (Å²) in [4.78, 5) is 10.3. The van der Waals surface area contributed by atoms with Crippen LogP contribution in [0.1, 0.15) is 26.7 Å². The van der Waals surface area contributed by atoms with Crippen LogP contribution in [0.4, 0.5) is 15.8 Å². The molecule has 1 aromatic carbocycles. The zero-order valence-corrected chi connectivity index (χ0v) is 11.3. The lowest BCUT2D eigenvalue weighted by Gasteiger charge is -2.16. The van der Waals surface area contributed by atoms with E-state index in [0.29, 0.717) is 0 Å². The smallest absolute Gasteiger partial charge is 0.293 e. The summed E-state index contributed by atoms with van der Waals surface area (Å²) in [5, 5.41) is 13.9. The molecule has 94 valence electrons. The highest BCUT2D eigenvalue weighted by molar-refractivity contribution is 9.10. The fraction of sp³-hybridized carbons (Fsp3) is 0.455. The number of hydrogen-bond donors (Lipinski definition) is 1. The number of hydrogen-bond acceptors (Lipinski definition) is 3. The van der Waals surface area contributed by atoms with Gasteiger partial charge in [-0.05, 0) is 28.8 Å². The molecule has 0 spiro atoms. The van der Waals surface area contributed by atoms with Gasteiger partial charge in [0.2, 0.25) is 0 Å². The Balaban J connectivity index is 3.12. The van der Waals surface area contributed by atoms with E-state index in [1.807, 2.05) is 13.8 Å². The fourth-order valence-corrected chi connectivity index (χ4v) is 1.85. The number of nitro benzene ring substituents is 1. The van der Waals surface area contributed by atoms with E-state index in [9.17, 15) is 14.5 Å². The molecule has 4 nitrogen and oxygen atoms in total. The lowest BCUT2D eigenvalue weighted by atomic mass is 10.1. The van der Waals surface area contributed by atoms with E-state index in [4.69, 9.17) is 0 Å². The molecule has 6 heteroatoms. The second kappa shape index (κ2) is 5.95. The molecule has 0 amide bonds. The minimum atomic E-state index is -0.519. The summed E-state index contributed by atoms with van der Waals surface area (Å²) in [7, 11) is 0. The predicted octanol–water partition coefficient (Wildman–Crippen LogP) is 4.10. The molecule has 0 bridgehead atoms. The molecule has 0 fully saturated rings. The second-order valence-corrected chi connectivity index (χ2v) is 4.55. The van der Waals surface area contributed by atoms with Crippen LogP contribution in [-0.2, 0) is 0 Å². The van der Waals surface area contributed by atoms with Crippen molar-refractivity contribution in [3.8, 4) is 0 Å². The Kier molecular flexibility index (Phi) is 4.86. The lowest BCUT2D eigenvalue weighted by Crippen LogP contribution is -2.18. The first-order valence-corrected chi connectivity index (χ1v) is 6.18. The van der Waals surface area contributed by atoms with Crippen LogP contribution >= 0.6 is 15.9 Å². The van der Waals surface area contributed by atoms with Gasteiger partial charge in [-0.25, -0.2) is 4.39 Å². The van der Waals surface area contributed by atoms with E-state index >= 15 is 0 Å². The summed E-state index contributed by atoms with van der Waals surface area (Å²) in [5.74, 6) is -0.510. The first-order valence-electron chi connectivity index (χ1n) is 5.39. The van der Waals surface area contributed by atoms with Gasteiger partial charge in [-0.1, -0.05) is 13.8 Å². The van der Waals surface area contributed by atoms with Crippen molar-refractivity contribution in [1.29, 1.82) is 0 Å². The Morgan fingerprint density at radius 3 is 2.53 bits per heavy atom. The zero-order chi connectivity index (χ0) is 13.0. The largest absolute Gasteiger partial charge is 0.377 e. The second-order valence-electron chi connectivity index (χ2n) is 3.70. The van der Waals surface area contributed by atoms with Gasteiger partial charge in [0.15, 0.2) is 0 Å². The van der Waals surface area contributed by atoms with E-state index in [-0.39, 0.29) is 21.9 Å². The van der Waals surface area contributed by atoms with Crippen LogP contribution in [0.25, 0.3) is 0 Å². The van der Waals surface area contributed by atoms with Crippen LogP contribution in [0.15, 0.2) is 16.6 Å². The molecule has 0 heterocycles. The summed E-state index contributed by atoms with van der Waals surface area (Å²) >= 11 is 2.94. The molecular weight excluding hydrogens is 291 g/mol. The van der Waals surface area contributed by atoms with Gasteiger partial charge in [0, 0.05) is 18.2 Å². The maximum atomic E-state index is 13.4. The Labute approximate surface area is 107 Å². The summed E-state index contributed by atoms with van der Waals surface area (Å²) in [5.41, 5.74) is 0.106. The van der Waals surface area contributed by atoms with Gasteiger partial charge in [-0.2, -0.15) is 0 Å². The maximum Gasteiger partial charge on any atom is 0.293 e. The normalized spacial score (nSPS) is 10.6. The number of nitrogens with one attached hydrogen (secondary N) is 1. The van der Waals surface area contributed by atoms with Gasteiger partial charge in [0.1, 0.15) is 11.5 Å². The van der Waals surface area contributed by atoms with Crippen molar-refractivity contribution in [2.45, 2.75) is 32.7 Å². The van der Waals surface area contributed by atoms with Crippen LogP contribution in [0.3, 0.4) is 0 Å². The van der Waals surface area contributed by atoms with Crippen LogP contribution in [-0.4, -0.2) is 11.0 Å². The van der Waals surface area contributed by atoms with Crippen molar-refractivity contribution in [3.05, 3.63) is 32.5 Å². The van der Waals surface area contributed by atoms with Crippen molar-refractivity contribution >= 4 is 27.3 Å². The molecule has 1 aromatic rings. The van der Waals surface area contributed by atoms with Crippen molar-refractivity contribution in [3.63, 3.8) is 0 Å². The summed E-state index contributed by atoms with van der Waals surface area (Å²) in [6.07, 6.45) is 1.65. The molecular formula is C11H14BrFN2O2. The van der Waals surface area contributed by atoms with Crippen LogP contribution in [0.2, 0.25) is 0 Å². The molecule has 0 atom stereocenters. The van der Waals surface area contributed by atoms with E-state index in [2.05, 4.69) is 21.2 Å². The summed E-state index contributed by atoms with van der Waals surface area (Å²) < 4.78 is 13.5. The number of halogens is 2. The number of rotatable bonds is 5. The predicted molar refractivity (Wildman–Crippen MR) is 68.7 cm³/mol. The first kappa shape index (κ1) is 13.9. The number of nitro groups is 1. The lowest BCUT2D eigenvalue weighted by molar-refractivity contribution is -0.384. The van der Waals surface area contributed by atoms with Crippen LogP contribution in [0, 0.1) is 15.9 Å². The molecule has 0 aromatic heterocycles. The molecule has 0 saturated heterocycles. The Bertz CT molecular complexity index is 422. The van der Waals surface area contributed by atoms with Gasteiger partial charge in [0.25, 0.3) is 5.69 Å². The molecule has 0 aliphatic rings. The Hall–Kier alpha value is -1.17. The van der Waals surface area contributed by atoms with Gasteiger partial charge < -0.3 is 5.32 Å². The topological polar surface area (TPSA) is 55.2 Å². The average Bonchev–Trinajstić information content (AvgIpc) is 2.29. The highest BCUT2D eigenvalue weighted by Crippen LogP contribution is 2.31. The van der Waals surface area contributed by atoms with Gasteiger partial charge in [-0.15, -0.1) is 0 Å². The third kappa shape index (κ3) is 3.39. The van der Waals surface area contributed by atoms with Gasteiger partial charge in [0.05, 0.1) is 9.40 Å². The number of nitrogens with zero attached hydrogens (tertiary/aromatic N) is 1. The molecule has 0 saturated carbocycles. The highest BCUT2D eigenvalue weighted by Gasteiger charge is 2.19. The molecule has 1 rings (SSSR count). The van der Waals surface area contributed by atoms with Crippen molar-refractivity contribution in [2.75, 3.05) is 5.32 Å². The van der Waals surface area contributed by atoms with Crippen molar-refractivity contribution < 1.29 is 9.31 Å². The first-order chi connectivity index (χ1) is 7.99. The van der Waals surface area contributed by atoms with E-state index in [1.165, 1.54) is 6.07 Å². The zero-order valence-electron chi connectivity index (χ0n) is 9.67. The molecule has 0 radical (unpaired) electrons. The molecule has 0 aliphatic carbocycles. The molecule has 1 N–H and O–H groups in total. The molecule has 17 heavy (non-hydrogen) atoms. The quantitative estimate of drug-likeness (QED) is 0.658. The Morgan fingerprint density at radius 1 is 1.47 bits per heavy atom. The number of anilines is 1. The summed E-state index contributed by atoms with van der Waals surface area (Å²) in [6.45, 7) is 3.95. The van der Waals surface area contributed by atoms with Gasteiger partial charge >= 0.3 is 0 Å². The van der Waals surface area contributed by atoms with Crippen molar-refractivity contribution in [1.82, 2.24) is 0 Å². The van der Waals surface area contributed by atoms with Crippen LogP contribution in [0.5, 0.6) is 0 Å². The third-order valence-electron chi connectivity index (χ3n) is 2.58. The SMILES string of the molecule is CCC(CC)Nc1cc(F)c(Br)cc1[N+](=O)[O-]. The molecule has 0 unspecified atom stereocenters. The monoisotopic (exact) mass is 304 g/mol. The number of benzene rings is 1. The minimum absolute atomic E-state index is 0.0966. The summed E-state index contributed by atoms with van der Waals surface area (Å²) in [6, 6.07) is 2.44. The van der Waals surface area contributed by atoms with E-state index in [1.54, 1.807) is 0 Å². The maximum absolute atomic E-state index is 13.4. The van der Waals surface area contributed by atoms with Crippen molar-refractivity contribution in [2.24, 2.45) is 0 Å². The highest BCUT2D eigenvalue weighted by atomic mass is 79.9. The molecule has 0 aliphatic heterocycles. The van der Waals surface area contributed by atoms with E-state index < -0.39 is 10.7 Å². The minimum Gasteiger partial charge on any atom is -0.377 e. The standard InChI is InChI=1S/C11H14BrFN2O2/c1-3-7(4-2)14-10-6-9(13)8(12)5-11(10)15(16)17/h5-7,14H,3-4H2,1-2H3. The fourth-order valence-electron chi connectivity index (χ4n) is 1.52. The third-order valence-corrected chi connectivity index (χ3v) is 3.19. The van der Waals surface area contributed by atoms with Gasteiger partial charge in [-0.3, -0.25) is 10.1 Å². The Morgan fingerprint density at radius 2 is 2.06 bits per heavy atom. The average molecular weight is 305 g/mol. The van der Waals surface area contributed by atoms with E-state index in [0.717, 1.165) is 18.9 Å². The van der Waals surface area contributed by atoms with Crippen LogP contribution < -0.4 is 5.32 Å².